The van der Waals surface area contributed by atoms with Gasteiger partial charge in [0.25, 0.3) is 0 Å². The molecule has 0 bridgehead atoms. The number of hydrogen-bond donors (Lipinski definition) is 1. The van der Waals surface area contributed by atoms with E-state index in [9.17, 15) is 9.18 Å². The van der Waals surface area contributed by atoms with Gasteiger partial charge < -0.3 is 14.6 Å². The Hall–Kier alpha value is -2.25. The van der Waals surface area contributed by atoms with E-state index in [2.05, 4.69) is 15.2 Å². The SMILES string of the molecule is O=C(CCc1ncc(-c2ccccc2F)o1)N1CCC(N2CCNCC2)C1. The number of benzene rings is 1. The Morgan fingerprint density at radius 1 is 1.26 bits per heavy atom. The van der Waals surface area contributed by atoms with E-state index < -0.39 is 0 Å². The van der Waals surface area contributed by atoms with Crippen LogP contribution in [0.25, 0.3) is 11.3 Å². The second-order valence-corrected chi connectivity index (χ2v) is 7.17. The summed E-state index contributed by atoms with van der Waals surface area (Å²) in [5.74, 6) is 0.667. The first-order valence-corrected chi connectivity index (χ1v) is 9.63. The molecule has 2 aromatic rings. The van der Waals surface area contributed by atoms with Gasteiger partial charge in [0, 0.05) is 58.2 Å². The molecule has 1 N–H and O–H groups in total. The molecule has 2 saturated heterocycles. The van der Waals surface area contributed by atoms with Gasteiger partial charge >= 0.3 is 0 Å². The van der Waals surface area contributed by atoms with E-state index in [1.807, 2.05) is 4.90 Å². The summed E-state index contributed by atoms with van der Waals surface area (Å²) in [5, 5.41) is 3.36. The highest BCUT2D eigenvalue weighted by Crippen LogP contribution is 2.24. The summed E-state index contributed by atoms with van der Waals surface area (Å²) in [4.78, 5) is 21.2. The first kappa shape index (κ1) is 18.1. The standard InChI is InChI=1S/C20H25FN4O2/c21-17-4-2-1-3-16(17)18-13-23-19(27-18)5-6-20(26)25-10-7-15(14-25)24-11-8-22-9-12-24/h1-4,13,15,22H,5-12,14H2. The van der Waals surface area contributed by atoms with E-state index in [1.54, 1.807) is 18.2 Å². The first-order valence-electron chi connectivity index (χ1n) is 9.63. The lowest BCUT2D eigenvalue weighted by Gasteiger charge is -2.32. The van der Waals surface area contributed by atoms with Crippen LogP contribution in [0.1, 0.15) is 18.7 Å². The van der Waals surface area contributed by atoms with E-state index in [0.29, 0.717) is 36.1 Å². The predicted octanol–water partition coefficient (Wildman–Crippen LogP) is 1.92. The van der Waals surface area contributed by atoms with Gasteiger partial charge in [-0.2, -0.15) is 0 Å². The third-order valence-electron chi connectivity index (χ3n) is 5.43. The Morgan fingerprint density at radius 3 is 2.89 bits per heavy atom. The van der Waals surface area contributed by atoms with Crippen LogP contribution >= 0.6 is 0 Å². The summed E-state index contributed by atoms with van der Waals surface area (Å²) in [6, 6.07) is 6.92. The second-order valence-electron chi connectivity index (χ2n) is 7.17. The number of carbonyl (C=O) groups excluding carboxylic acids is 1. The third kappa shape index (κ3) is 4.20. The number of oxazole rings is 1. The molecule has 4 rings (SSSR count). The summed E-state index contributed by atoms with van der Waals surface area (Å²) < 4.78 is 19.5. The zero-order valence-electron chi connectivity index (χ0n) is 15.4. The van der Waals surface area contributed by atoms with E-state index in [-0.39, 0.29) is 11.7 Å². The quantitative estimate of drug-likeness (QED) is 0.869. The molecular formula is C20H25FN4O2. The highest BCUT2D eigenvalue weighted by atomic mass is 19.1. The number of nitrogens with one attached hydrogen (secondary N) is 1. The number of hydrogen-bond acceptors (Lipinski definition) is 5. The summed E-state index contributed by atoms with van der Waals surface area (Å²) in [5.41, 5.74) is 0.390. The van der Waals surface area contributed by atoms with E-state index in [4.69, 9.17) is 4.42 Å². The van der Waals surface area contributed by atoms with E-state index in [1.165, 1.54) is 12.3 Å². The Morgan fingerprint density at radius 2 is 2.07 bits per heavy atom. The number of piperazine rings is 1. The molecule has 0 aliphatic carbocycles. The van der Waals surface area contributed by atoms with Crippen molar-refractivity contribution in [1.82, 2.24) is 20.1 Å². The largest absolute Gasteiger partial charge is 0.441 e. The van der Waals surface area contributed by atoms with Crippen LogP contribution in [0.3, 0.4) is 0 Å². The number of nitrogens with zero attached hydrogens (tertiary/aromatic N) is 3. The molecule has 1 amide bonds. The van der Waals surface area contributed by atoms with Gasteiger partial charge in [-0.05, 0) is 18.6 Å². The van der Waals surface area contributed by atoms with Crippen molar-refractivity contribution >= 4 is 5.91 Å². The Labute approximate surface area is 158 Å². The van der Waals surface area contributed by atoms with Gasteiger partial charge in [0.2, 0.25) is 5.91 Å². The monoisotopic (exact) mass is 372 g/mol. The van der Waals surface area contributed by atoms with Crippen LogP contribution in [0.2, 0.25) is 0 Å². The third-order valence-corrected chi connectivity index (χ3v) is 5.43. The molecule has 3 heterocycles. The van der Waals surface area contributed by atoms with Crippen molar-refractivity contribution in [3.05, 3.63) is 42.2 Å². The van der Waals surface area contributed by atoms with Crippen molar-refractivity contribution in [2.45, 2.75) is 25.3 Å². The number of aryl methyl sites for hydroxylation is 1. The molecule has 2 fully saturated rings. The number of amides is 1. The minimum absolute atomic E-state index is 0.137. The highest BCUT2D eigenvalue weighted by molar-refractivity contribution is 5.76. The van der Waals surface area contributed by atoms with Crippen molar-refractivity contribution in [2.24, 2.45) is 0 Å². The van der Waals surface area contributed by atoms with Crippen LogP contribution in [-0.2, 0) is 11.2 Å². The minimum atomic E-state index is -0.340. The number of likely N-dealkylation sites (tertiary alicyclic amines) is 1. The van der Waals surface area contributed by atoms with Crippen LogP contribution in [0.5, 0.6) is 0 Å². The number of aromatic nitrogens is 1. The lowest BCUT2D eigenvalue weighted by molar-refractivity contribution is -0.130. The van der Waals surface area contributed by atoms with Crippen LogP contribution in [0.15, 0.2) is 34.9 Å². The molecule has 27 heavy (non-hydrogen) atoms. The van der Waals surface area contributed by atoms with Gasteiger partial charge in [0.15, 0.2) is 11.7 Å². The highest BCUT2D eigenvalue weighted by Gasteiger charge is 2.30. The summed E-state index contributed by atoms with van der Waals surface area (Å²) in [6.45, 7) is 5.80. The van der Waals surface area contributed by atoms with Crippen molar-refractivity contribution in [3.8, 4) is 11.3 Å². The Kier molecular flexibility index (Phi) is 5.50. The summed E-state index contributed by atoms with van der Waals surface area (Å²) in [6.07, 6.45) is 3.37. The maximum Gasteiger partial charge on any atom is 0.223 e. The van der Waals surface area contributed by atoms with Crippen molar-refractivity contribution in [1.29, 1.82) is 0 Å². The summed E-state index contributed by atoms with van der Waals surface area (Å²) in [7, 11) is 0. The zero-order valence-corrected chi connectivity index (χ0v) is 15.4. The summed E-state index contributed by atoms with van der Waals surface area (Å²) >= 11 is 0. The molecule has 0 saturated carbocycles. The molecule has 1 aromatic heterocycles. The zero-order chi connectivity index (χ0) is 18.6. The molecule has 0 spiro atoms. The molecular weight excluding hydrogens is 347 g/mol. The molecule has 0 radical (unpaired) electrons. The average molecular weight is 372 g/mol. The molecule has 6 nitrogen and oxygen atoms in total. The molecule has 144 valence electrons. The van der Waals surface area contributed by atoms with Crippen molar-refractivity contribution < 1.29 is 13.6 Å². The number of halogens is 1. The fourth-order valence-corrected chi connectivity index (χ4v) is 3.90. The second kappa shape index (κ2) is 8.19. The molecule has 2 aliphatic heterocycles. The number of rotatable bonds is 5. The average Bonchev–Trinajstić information content (AvgIpc) is 3.37. The Balaban J connectivity index is 1.29. The van der Waals surface area contributed by atoms with Gasteiger partial charge in [-0.1, -0.05) is 12.1 Å². The van der Waals surface area contributed by atoms with Gasteiger partial charge in [-0.25, -0.2) is 9.37 Å². The van der Waals surface area contributed by atoms with Crippen LogP contribution < -0.4 is 5.32 Å². The maximum atomic E-state index is 13.8. The molecule has 7 heteroatoms. The predicted molar refractivity (Wildman–Crippen MR) is 99.6 cm³/mol. The number of carbonyl (C=O) groups is 1. The fraction of sp³-hybridized carbons (Fsp3) is 0.500. The van der Waals surface area contributed by atoms with Crippen LogP contribution in [0, 0.1) is 5.82 Å². The lowest BCUT2D eigenvalue weighted by atomic mass is 10.2. The lowest BCUT2D eigenvalue weighted by Crippen LogP contribution is -2.49. The Bertz CT molecular complexity index is 788. The van der Waals surface area contributed by atoms with Gasteiger partial charge in [0.05, 0.1) is 11.8 Å². The van der Waals surface area contributed by atoms with E-state index in [0.717, 1.165) is 45.7 Å². The van der Waals surface area contributed by atoms with Gasteiger partial charge in [0.1, 0.15) is 5.82 Å². The van der Waals surface area contributed by atoms with E-state index >= 15 is 0 Å². The van der Waals surface area contributed by atoms with Crippen molar-refractivity contribution in [2.75, 3.05) is 39.3 Å². The van der Waals surface area contributed by atoms with Gasteiger partial charge in [-0.15, -0.1) is 0 Å². The molecule has 1 aromatic carbocycles. The van der Waals surface area contributed by atoms with Crippen LogP contribution in [-0.4, -0.2) is 66.0 Å². The maximum absolute atomic E-state index is 13.8. The van der Waals surface area contributed by atoms with Crippen molar-refractivity contribution in [3.63, 3.8) is 0 Å². The topological polar surface area (TPSA) is 61.6 Å². The van der Waals surface area contributed by atoms with Gasteiger partial charge in [-0.3, -0.25) is 9.69 Å². The normalized spacial score (nSPS) is 20.9. The minimum Gasteiger partial charge on any atom is -0.441 e. The molecule has 1 atom stereocenters. The fourth-order valence-electron chi connectivity index (χ4n) is 3.90. The smallest absolute Gasteiger partial charge is 0.223 e. The first-order chi connectivity index (χ1) is 13.2. The molecule has 2 aliphatic rings. The molecule has 1 unspecified atom stereocenters. The van der Waals surface area contributed by atoms with Crippen LogP contribution in [0.4, 0.5) is 4.39 Å².